The summed E-state index contributed by atoms with van der Waals surface area (Å²) in [6.45, 7) is 0.405. The van der Waals surface area contributed by atoms with Crippen LogP contribution < -0.4 is 9.64 Å². The van der Waals surface area contributed by atoms with Crippen molar-refractivity contribution >= 4 is 33.2 Å². The maximum absolute atomic E-state index is 13.3. The minimum absolute atomic E-state index is 0.0983. The van der Waals surface area contributed by atoms with E-state index in [4.69, 9.17) is 16.3 Å². The van der Waals surface area contributed by atoms with Crippen molar-refractivity contribution in [1.82, 2.24) is 4.90 Å². The topological polar surface area (TPSA) is 87.2 Å². The number of sulfone groups is 1. The van der Waals surface area contributed by atoms with Crippen molar-refractivity contribution in [1.29, 1.82) is 0 Å². The molecule has 0 radical (unpaired) electrons. The average molecular weight is 487 g/mol. The summed E-state index contributed by atoms with van der Waals surface area (Å²) in [5.74, 6) is 1.21. The van der Waals surface area contributed by atoms with Crippen LogP contribution in [0.1, 0.15) is 11.6 Å². The van der Waals surface area contributed by atoms with Crippen LogP contribution >= 0.6 is 11.6 Å². The Bertz CT molecular complexity index is 1250. The Morgan fingerprint density at radius 1 is 1.03 bits per heavy atom. The highest BCUT2D eigenvalue weighted by Gasteiger charge is 2.39. The van der Waals surface area contributed by atoms with Gasteiger partial charge in [0.25, 0.3) is 0 Å². The number of halogens is 1. The van der Waals surface area contributed by atoms with Crippen LogP contribution in [0, 0.1) is 0 Å². The fraction of sp³-hybridized carbons (Fsp3) is 0.208. The first-order chi connectivity index (χ1) is 15.7. The molecule has 0 spiro atoms. The lowest BCUT2D eigenvalue weighted by atomic mass is 10.1. The molecule has 33 heavy (non-hydrogen) atoms. The highest BCUT2D eigenvalue weighted by molar-refractivity contribution is 7.90. The molecule has 3 aromatic carbocycles. The molecule has 0 saturated carbocycles. The maximum Gasteiger partial charge on any atom is 0.325 e. The number of benzene rings is 3. The first kappa shape index (κ1) is 22.9. The smallest absolute Gasteiger partial charge is 0.325 e. The first-order valence-electron chi connectivity index (χ1n) is 10.3. The van der Waals surface area contributed by atoms with Gasteiger partial charge < -0.3 is 14.7 Å². The number of urea groups is 1. The number of ether oxygens (including phenoxy) is 1. The molecule has 0 bridgehead atoms. The number of phenolic OH excluding ortho intramolecular Hbond substituents is 1. The highest BCUT2D eigenvalue weighted by Crippen LogP contribution is 2.36. The Morgan fingerprint density at radius 2 is 1.67 bits per heavy atom. The third-order valence-corrected chi connectivity index (χ3v) is 6.51. The van der Waals surface area contributed by atoms with Crippen molar-refractivity contribution in [3.8, 4) is 17.2 Å². The van der Waals surface area contributed by atoms with Crippen LogP contribution in [0.5, 0.6) is 17.2 Å². The molecule has 7 nitrogen and oxygen atoms in total. The van der Waals surface area contributed by atoms with Gasteiger partial charge in [0.1, 0.15) is 27.1 Å². The molecule has 1 N–H and O–H groups in total. The molecule has 9 heteroatoms. The van der Waals surface area contributed by atoms with Gasteiger partial charge in [0.05, 0.1) is 11.8 Å². The predicted molar refractivity (Wildman–Crippen MR) is 128 cm³/mol. The lowest BCUT2D eigenvalue weighted by molar-refractivity contribution is 0.223. The summed E-state index contributed by atoms with van der Waals surface area (Å²) in [5.41, 5.74) is 1.39. The van der Waals surface area contributed by atoms with Gasteiger partial charge in [-0.25, -0.2) is 13.2 Å². The van der Waals surface area contributed by atoms with E-state index in [1.165, 1.54) is 4.90 Å². The normalized spacial score (nSPS) is 16.3. The van der Waals surface area contributed by atoms with Gasteiger partial charge in [-0.05, 0) is 66.2 Å². The Labute approximate surface area is 197 Å². The number of carbonyl (C=O) groups excluding carboxylic acids is 1. The fourth-order valence-electron chi connectivity index (χ4n) is 3.71. The van der Waals surface area contributed by atoms with E-state index >= 15 is 0 Å². The van der Waals surface area contributed by atoms with Gasteiger partial charge in [-0.15, -0.1) is 0 Å². The Balaban J connectivity index is 1.60. The van der Waals surface area contributed by atoms with Crippen molar-refractivity contribution in [2.24, 2.45) is 0 Å². The van der Waals surface area contributed by atoms with E-state index in [1.54, 1.807) is 71.6 Å². The van der Waals surface area contributed by atoms with Gasteiger partial charge in [0.15, 0.2) is 0 Å². The number of nitrogens with zero attached hydrogens (tertiary/aromatic N) is 2. The summed E-state index contributed by atoms with van der Waals surface area (Å²) in [6, 6.07) is 20.1. The Hall–Kier alpha value is -3.23. The average Bonchev–Trinajstić information content (AvgIpc) is 3.10. The van der Waals surface area contributed by atoms with Gasteiger partial charge >= 0.3 is 6.03 Å². The van der Waals surface area contributed by atoms with Crippen molar-refractivity contribution in [2.75, 3.05) is 30.0 Å². The second-order valence-electron chi connectivity index (χ2n) is 7.89. The van der Waals surface area contributed by atoms with Crippen LogP contribution in [-0.4, -0.2) is 49.6 Å². The zero-order valence-corrected chi connectivity index (χ0v) is 19.5. The molecule has 2 amide bonds. The molecule has 1 heterocycles. The molecule has 1 fully saturated rings. The predicted octanol–water partition coefficient (Wildman–Crippen LogP) is 4.87. The van der Waals surface area contributed by atoms with E-state index in [9.17, 15) is 18.3 Å². The second kappa shape index (κ2) is 9.33. The number of hydrogen-bond acceptors (Lipinski definition) is 5. The lowest BCUT2D eigenvalue weighted by Gasteiger charge is -2.24. The number of carbonyl (C=O) groups is 1. The molecular formula is C24H23ClN2O5S. The molecule has 1 aliphatic heterocycles. The quantitative estimate of drug-likeness (QED) is 0.515. The van der Waals surface area contributed by atoms with Crippen LogP contribution in [0.15, 0.2) is 72.8 Å². The summed E-state index contributed by atoms with van der Waals surface area (Å²) < 4.78 is 29.1. The molecule has 1 unspecified atom stereocenters. The summed E-state index contributed by atoms with van der Waals surface area (Å²) in [6.07, 6.45) is 1.15. The third kappa shape index (κ3) is 5.58. The summed E-state index contributed by atoms with van der Waals surface area (Å²) in [4.78, 5) is 16.4. The molecule has 1 aliphatic rings. The molecule has 0 aliphatic carbocycles. The minimum Gasteiger partial charge on any atom is -0.508 e. The van der Waals surface area contributed by atoms with Crippen LogP contribution in [-0.2, 0) is 9.84 Å². The number of aromatic hydroxyl groups is 1. The van der Waals surface area contributed by atoms with E-state index in [1.807, 2.05) is 6.07 Å². The van der Waals surface area contributed by atoms with Crippen molar-refractivity contribution in [2.45, 2.75) is 6.04 Å². The minimum atomic E-state index is -3.22. The summed E-state index contributed by atoms with van der Waals surface area (Å²) in [5, 5.41) is 10.6. The Kier molecular flexibility index (Phi) is 6.49. The fourth-order valence-corrected chi connectivity index (χ4v) is 4.39. The van der Waals surface area contributed by atoms with Gasteiger partial charge in [0.2, 0.25) is 0 Å². The third-order valence-electron chi connectivity index (χ3n) is 5.33. The van der Waals surface area contributed by atoms with Crippen LogP contribution in [0.3, 0.4) is 0 Å². The number of rotatable bonds is 7. The first-order valence-corrected chi connectivity index (χ1v) is 12.7. The molecule has 1 saturated heterocycles. The zero-order valence-electron chi connectivity index (χ0n) is 17.9. The van der Waals surface area contributed by atoms with Gasteiger partial charge in [0, 0.05) is 30.1 Å². The molecular weight excluding hydrogens is 464 g/mol. The monoisotopic (exact) mass is 486 g/mol. The number of anilines is 1. The van der Waals surface area contributed by atoms with Crippen LogP contribution in [0.2, 0.25) is 5.02 Å². The number of phenols is 1. The van der Waals surface area contributed by atoms with Crippen molar-refractivity contribution < 1.29 is 23.1 Å². The second-order valence-corrected chi connectivity index (χ2v) is 10.6. The summed E-state index contributed by atoms with van der Waals surface area (Å²) in [7, 11) is -3.22. The van der Waals surface area contributed by atoms with Crippen LogP contribution in [0.4, 0.5) is 10.5 Å². The molecule has 0 aromatic heterocycles. The highest BCUT2D eigenvalue weighted by atomic mass is 35.5. The van der Waals surface area contributed by atoms with Crippen LogP contribution in [0.25, 0.3) is 0 Å². The SMILES string of the molecule is CS(=O)(=O)CCN1CC(c2cccc(O)c2)N(c2ccc(Oc3ccc(Cl)cc3)cc2)C1=O. The van der Waals surface area contributed by atoms with Gasteiger partial charge in [-0.3, -0.25) is 4.90 Å². The van der Waals surface area contributed by atoms with Gasteiger partial charge in [-0.2, -0.15) is 0 Å². The maximum atomic E-state index is 13.3. The molecule has 1 atom stereocenters. The lowest BCUT2D eigenvalue weighted by Crippen LogP contribution is -2.35. The van der Waals surface area contributed by atoms with Crippen molar-refractivity contribution in [3.63, 3.8) is 0 Å². The van der Waals surface area contributed by atoms with E-state index in [2.05, 4.69) is 0 Å². The largest absolute Gasteiger partial charge is 0.508 e. The molecule has 4 rings (SSSR count). The van der Waals surface area contributed by atoms with Crippen molar-refractivity contribution in [3.05, 3.63) is 83.4 Å². The van der Waals surface area contributed by atoms with E-state index in [0.717, 1.165) is 11.8 Å². The van der Waals surface area contributed by atoms with Gasteiger partial charge in [-0.1, -0.05) is 23.7 Å². The standard InChI is InChI=1S/C24H23ClN2O5S/c1-33(30,31)14-13-26-16-23(17-3-2-4-20(28)15-17)27(24(26)29)19-7-11-22(12-8-19)32-21-9-5-18(25)6-10-21/h2-12,15,23,28H,13-14,16H2,1H3. The zero-order chi connectivity index (χ0) is 23.6. The number of amides is 2. The van der Waals surface area contributed by atoms with E-state index in [-0.39, 0.29) is 30.1 Å². The van der Waals surface area contributed by atoms with E-state index in [0.29, 0.717) is 28.8 Å². The number of hydrogen-bond donors (Lipinski definition) is 1. The molecule has 172 valence electrons. The van der Waals surface area contributed by atoms with E-state index < -0.39 is 9.84 Å². The Morgan fingerprint density at radius 3 is 2.27 bits per heavy atom. The summed E-state index contributed by atoms with van der Waals surface area (Å²) >= 11 is 5.91. The molecule has 3 aromatic rings.